The van der Waals surface area contributed by atoms with Crippen LogP contribution in [-0.2, 0) is 11.0 Å². The van der Waals surface area contributed by atoms with E-state index in [0.717, 1.165) is 17.0 Å². The summed E-state index contributed by atoms with van der Waals surface area (Å²) < 4.78 is 43.9. The van der Waals surface area contributed by atoms with Crippen molar-refractivity contribution in [3.05, 3.63) is 83.6 Å². The molecule has 1 amide bonds. The second-order valence-electron chi connectivity index (χ2n) is 5.77. The predicted molar refractivity (Wildman–Crippen MR) is 103 cm³/mol. The first kappa shape index (κ1) is 20.3. The first-order valence-electron chi connectivity index (χ1n) is 8.28. The van der Waals surface area contributed by atoms with Crippen molar-refractivity contribution in [2.45, 2.75) is 16.2 Å². The lowest BCUT2D eigenvalue weighted by molar-refractivity contribution is -0.137. The molecule has 0 aliphatic rings. The molecule has 4 nitrogen and oxygen atoms in total. The van der Waals surface area contributed by atoms with Crippen molar-refractivity contribution in [3.8, 4) is 6.07 Å². The number of hydrogen-bond acceptors (Lipinski definition) is 4. The van der Waals surface area contributed by atoms with E-state index in [9.17, 15) is 23.2 Å². The van der Waals surface area contributed by atoms with E-state index in [4.69, 9.17) is 4.42 Å². The molecule has 0 fully saturated rings. The molecular weight excluding hydrogens is 401 g/mol. The van der Waals surface area contributed by atoms with E-state index < -0.39 is 17.6 Å². The maximum absolute atomic E-state index is 12.8. The summed E-state index contributed by atoms with van der Waals surface area (Å²) >= 11 is 1.37. The van der Waals surface area contributed by atoms with E-state index in [1.54, 1.807) is 18.2 Å². The van der Waals surface area contributed by atoms with E-state index in [0.29, 0.717) is 5.09 Å². The Morgan fingerprint density at radius 3 is 2.52 bits per heavy atom. The van der Waals surface area contributed by atoms with Crippen molar-refractivity contribution in [1.82, 2.24) is 0 Å². The van der Waals surface area contributed by atoms with Crippen LogP contribution >= 0.6 is 11.8 Å². The van der Waals surface area contributed by atoms with Crippen LogP contribution in [-0.4, -0.2) is 5.91 Å². The molecular formula is C21H13F3N2O2S. The number of anilines is 1. The van der Waals surface area contributed by atoms with Gasteiger partial charge in [-0.3, -0.25) is 4.79 Å². The van der Waals surface area contributed by atoms with Crippen LogP contribution < -0.4 is 5.32 Å². The molecule has 1 heterocycles. The Hall–Kier alpha value is -3.44. The van der Waals surface area contributed by atoms with Gasteiger partial charge in [0.2, 0.25) is 0 Å². The molecule has 3 aromatic rings. The highest BCUT2D eigenvalue weighted by Crippen LogP contribution is 2.31. The third-order valence-corrected chi connectivity index (χ3v) is 4.59. The van der Waals surface area contributed by atoms with Crippen molar-refractivity contribution in [2.75, 3.05) is 5.32 Å². The molecule has 0 bridgehead atoms. The Bertz CT molecular complexity index is 1080. The summed E-state index contributed by atoms with van der Waals surface area (Å²) in [6.45, 7) is 0. The number of rotatable bonds is 5. The van der Waals surface area contributed by atoms with Gasteiger partial charge >= 0.3 is 6.18 Å². The summed E-state index contributed by atoms with van der Waals surface area (Å²) in [4.78, 5) is 13.2. The summed E-state index contributed by atoms with van der Waals surface area (Å²) in [5.74, 6) is -0.556. The molecule has 1 N–H and O–H groups in total. The first-order chi connectivity index (χ1) is 13.8. The SMILES string of the molecule is N#C/C(=C/c1ccc(Sc2ccccc2)o1)C(=O)Nc1cccc(C(F)(F)F)c1. The summed E-state index contributed by atoms with van der Waals surface area (Å²) in [5, 5.41) is 12.1. The number of benzene rings is 2. The third-order valence-electron chi connectivity index (χ3n) is 3.66. The van der Waals surface area contributed by atoms with E-state index in [-0.39, 0.29) is 17.0 Å². The molecule has 0 aliphatic carbocycles. The number of carbonyl (C=O) groups excluding carboxylic acids is 1. The maximum atomic E-state index is 12.8. The van der Waals surface area contributed by atoms with Crippen LogP contribution in [0.15, 0.2) is 86.7 Å². The number of alkyl halides is 3. The summed E-state index contributed by atoms with van der Waals surface area (Å²) in [6.07, 6.45) is -3.30. The number of furan rings is 1. The lowest BCUT2D eigenvalue weighted by Crippen LogP contribution is -2.14. The van der Waals surface area contributed by atoms with Crippen molar-refractivity contribution in [2.24, 2.45) is 0 Å². The minimum absolute atomic E-state index is 0.0641. The normalized spacial score (nSPS) is 11.7. The summed E-state index contributed by atoms with van der Waals surface area (Å²) in [6, 6.07) is 18.7. The highest BCUT2D eigenvalue weighted by atomic mass is 32.2. The lowest BCUT2D eigenvalue weighted by Gasteiger charge is -2.09. The quantitative estimate of drug-likeness (QED) is 0.411. The number of nitrogens with one attached hydrogen (secondary N) is 1. The number of nitriles is 1. The average molecular weight is 414 g/mol. The molecule has 0 atom stereocenters. The Labute approximate surface area is 168 Å². The van der Waals surface area contributed by atoms with Gasteiger partial charge in [-0.2, -0.15) is 18.4 Å². The van der Waals surface area contributed by atoms with Gasteiger partial charge in [0.1, 0.15) is 17.4 Å². The van der Waals surface area contributed by atoms with Crippen molar-refractivity contribution < 1.29 is 22.4 Å². The van der Waals surface area contributed by atoms with Gasteiger partial charge in [-0.15, -0.1) is 0 Å². The highest BCUT2D eigenvalue weighted by molar-refractivity contribution is 7.99. The van der Waals surface area contributed by atoms with Gasteiger partial charge in [-0.1, -0.05) is 36.0 Å². The highest BCUT2D eigenvalue weighted by Gasteiger charge is 2.30. The Balaban J connectivity index is 1.73. The number of amides is 1. The van der Waals surface area contributed by atoms with E-state index in [1.165, 1.54) is 30.0 Å². The van der Waals surface area contributed by atoms with Crippen LogP contribution in [0.25, 0.3) is 6.08 Å². The van der Waals surface area contributed by atoms with Gasteiger partial charge in [0.05, 0.1) is 5.56 Å². The predicted octanol–water partition coefficient (Wildman–Crippen LogP) is 6.00. The number of halogens is 3. The Morgan fingerprint density at radius 2 is 1.83 bits per heavy atom. The van der Waals surface area contributed by atoms with Gasteiger partial charge < -0.3 is 9.73 Å². The number of hydrogen-bond donors (Lipinski definition) is 1. The molecule has 2 aromatic carbocycles. The molecule has 0 saturated carbocycles. The molecule has 8 heteroatoms. The third kappa shape index (κ3) is 5.53. The van der Waals surface area contributed by atoms with Crippen molar-refractivity contribution in [1.29, 1.82) is 5.26 Å². The minimum atomic E-state index is -4.53. The van der Waals surface area contributed by atoms with Crippen LogP contribution in [0.3, 0.4) is 0 Å². The van der Waals surface area contributed by atoms with E-state index in [1.807, 2.05) is 30.3 Å². The maximum Gasteiger partial charge on any atom is 0.416 e. The first-order valence-corrected chi connectivity index (χ1v) is 9.10. The van der Waals surface area contributed by atoms with Crippen LogP contribution in [0.4, 0.5) is 18.9 Å². The van der Waals surface area contributed by atoms with Gasteiger partial charge in [-0.25, -0.2) is 0 Å². The number of nitrogens with zero attached hydrogens (tertiary/aromatic N) is 1. The summed E-state index contributed by atoms with van der Waals surface area (Å²) in [5.41, 5.74) is -1.26. The van der Waals surface area contributed by atoms with Crippen molar-refractivity contribution >= 4 is 29.4 Å². The monoisotopic (exact) mass is 414 g/mol. The van der Waals surface area contributed by atoms with Gasteiger partial charge in [0.25, 0.3) is 5.91 Å². The fourth-order valence-corrected chi connectivity index (χ4v) is 3.13. The Morgan fingerprint density at radius 1 is 1.07 bits per heavy atom. The van der Waals surface area contributed by atoms with Gasteiger partial charge in [0, 0.05) is 16.7 Å². The summed E-state index contributed by atoms with van der Waals surface area (Å²) in [7, 11) is 0. The van der Waals surface area contributed by atoms with Gasteiger partial charge in [0.15, 0.2) is 5.09 Å². The standard InChI is InChI=1S/C21H13F3N2O2S/c22-21(23,24)15-5-4-6-16(12-15)26-20(27)14(13-25)11-17-9-10-19(28-17)29-18-7-2-1-3-8-18/h1-12H,(H,26,27)/b14-11-. The molecule has 0 aliphatic heterocycles. The van der Waals surface area contributed by atoms with Crippen molar-refractivity contribution in [3.63, 3.8) is 0 Å². The largest absolute Gasteiger partial charge is 0.450 e. The molecule has 0 saturated heterocycles. The molecule has 0 spiro atoms. The average Bonchev–Trinajstić information content (AvgIpc) is 3.13. The molecule has 146 valence electrons. The van der Waals surface area contributed by atoms with E-state index in [2.05, 4.69) is 5.32 Å². The smallest absolute Gasteiger partial charge is 0.416 e. The second-order valence-corrected chi connectivity index (χ2v) is 6.85. The lowest BCUT2D eigenvalue weighted by atomic mass is 10.1. The zero-order valence-corrected chi connectivity index (χ0v) is 15.6. The molecule has 3 rings (SSSR count). The Kier molecular flexibility index (Phi) is 6.10. The van der Waals surface area contributed by atoms with Crippen LogP contribution in [0.5, 0.6) is 0 Å². The molecule has 29 heavy (non-hydrogen) atoms. The minimum Gasteiger partial charge on any atom is -0.450 e. The van der Waals surface area contributed by atoms with Gasteiger partial charge in [-0.05, 0) is 42.5 Å². The molecule has 0 unspecified atom stereocenters. The fraction of sp³-hybridized carbons (Fsp3) is 0.0476. The molecule has 1 aromatic heterocycles. The number of carbonyl (C=O) groups is 1. The second kappa shape index (κ2) is 8.71. The van der Waals surface area contributed by atoms with Crippen LogP contribution in [0.1, 0.15) is 11.3 Å². The van der Waals surface area contributed by atoms with Crippen LogP contribution in [0, 0.1) is 11.3 Å². The fourth-order valence-electron chi connectivity index (χ4n) is 2.33. The van der Waals surface area contributed by atoms with E-state index >= 15 is 0 Å². The zero-order valence-electron chi connectivity index (χ0n) is 14.7. The molecule has 0 radical (unpaired) electrons. The topological polar surface area (TPSA) is 66.0 Å². The zero-order chi connectivity index (χ0) is 20.9. The van der Waals surface area contributed by atoms with Crippen LogP contribution in [0.2, 0.25) is 0 Å².